The number of hydrogen-bond acceptors (Lipinski definition) is 1. The fourth-order valence-corrected chi connectivity index (χ4v) is 4.22. The molecule has 0 saturated heterocycles. The Labute approximate surface area is 106 Å². The van der Waals surface area contributed by atoms with Crippen molar-refractivity contribution in [2.75, 3.05) is 0 Å². The van der Waals surface area contributed by atoms with Crippen molar-refractivity contribution < 1.29 is 4.43 Å². The van der Waals surface area contributed by atoms with Crippen LogP contribution in [0.3, 0.4) is 0 Å². The quantitative estimate of drug-likeness (QED) is 0.570. The smallest absolute Gasteiger partial charge is 0.147 e. The fourth-order valence-electron chi connectivity index (χ4n) is 2.88. The van der Waals surface area contributed by atoms with E-state index in [1.165, 1.54) is 38.5 Å². The lowest BCUT2D eigenvalue weighted by atomic mass is 9.65. The minimum absolute atomic E-state index is 0.0388. The second-order valence-corrected chi connectivity index (χ2v) is 7.07. The van der Waals surface area contributed by atoms with Gasteiger partial charge in [0.2, 0.25) is 0 Å². The molecule has 0 aromatic carbocycles. The lowest BCUT2D eigenvalue weighted by Gasteiger charge is -2.51. The zero-order valence-electron chi connectivity index (χ0n) is 10.6. The van der Waals surface area contributed by atoms with Gasteiger partial charge in [-0.1, -0.05) is 49.5 Å². The first kappa shape index (κ1) is 13.7. The summed E-state index contributed by atoms with van der Waals surface area (Å²) in [7, 11) is 0.825. The fraction of sp³-hybridized carbons (Fsp3) is 1.00. The monoisotopic (exact) mass is 292 g/mol. The lowest BCUT2D eigenvalue weighted by molar-refractivity contribution is -0.0331. The molecule has 3 heteroatoms. The van der Waals surface area contributed by atoms with Gasteiger partial charge in [-0.05, 0) is 31.6 Å². The van der Waals surface area contributed by atoms with Gasteiger partial charge in [0.1, 0.15) is 15.0 Å². The van der Waals surface area contributed by atoms with Crippen LogP contribution in [0.5, 0.6) is 0 Å². The molecule has 0 N–H and O–H groups in total. The summed E-state index contributed by atoms with van der Waals surface area (Å²) in [6.45, 7) is 7.03. The molecule has 1 aliphatic rings. The SMILES string of the molecule is CCCCC1CCCC(Br)(O[SiH3])C1(C)C. The predicted octanol–water partition coefficient (Wildman–Crippen LogP) is 3.39. The Balaban J connectivity index is 2.73. The summed E-state index contributed by atoms with van der Waals surface area (Å²) in [5, 5.41) is 0. The van der Waals surface area contributed by atoms with Crippen molar-refractivity contribution >= 4 is 26.4 Å². The van der Waals surface area contributed by atoms with E-state index in [1.54, 1.807) is 0 Å². The Morgan fingerprint density at radius 2 is 2.13 bits per heavy atom. The van der Waals surface area contributed by atoms with Crippen molar-refractivity contribution in [2.24, 2.45) is 11.3 Å². The van der Waals surface area contributed by atoms with Crippen LogP contribution in [0.2, 0.25) is 0 Å². The van der Waals surface area contributed by atoms with Crippen LogP contribution in [-0.4, -0.2) is 15.0 Å². The van der Waals surface area contributed by atoms with E-state index in [4.69, 9.17) is 4.43 Å². The van der Waals surface area contributed by atoms with Gasteiger partial charge in [0, 0.05) is 5.41 Å². The molecule has 1 fully saturated rings. The van der Waals surface area contributed by atoms with Crippen LogP contribution in [0.1, 0.15) is 59.3 Å². The highest BCUT2D eigenvalue weighted by Gasteiger charge is 2.49. The number of rotatable bonds is 4. The van der Waals surface area contributed by atoms with Gasteiger partial charge in [0.15, 0.2) is 0 Å². The standard InChI is InChI=1S/C12H25BrOSi/c1-4-5-7-10-8-6-9-12(13,14-15)11(10,2)3/h10H,4-9H2,1-3,15H3. The summed E-state index contributed by atoms with van der Waals surface area (Å²) >= 11 is 3.86. The Hall–Kier alpha value is 0.657. The Kier molecular flexibility index (Phi) is 4.87. The van der Waals surface area contributed by atoms with Gasteiger partial charge < -0.3 is 4.43 Å². The van der Waals surface area contributed by atoms with E-state index in [0.29, 0.717) is 0 Å². The maximum Gasteiger partial charge on any atom is 0.147 e. The van der Waals surface area contributed by atoms with Crippen molar-refractivity contribution in [1.82, 2.24) is 0 Å². The summed E-state index contributed by atoms with van der Waals surface area (Å²) in [6, 6.07) is 0. The average Bonchev–Trinajstić information content (AvgIpc) is 2.20. The van der Waals surface area contributed by atoms with Crippen molar-refractivity contribution in [1.29, 1.82) is 0 Å². The van der Waals surface area contributed by atoms with Gasteiger partial charge in [-0.2, -0.15) is 0 Å². The van der Waals surface area contributed by atoms with E-state index in [9.17, 15) is 0 Å². The van der Waals surface area contributed by atoms with E-state index >= 15 is 0 Å². The maximum absolute atomic E-state index is 5.86. The molecule has 0 bridgehead atoms. The van der Waals surface area contributed by atoms with E-state index in [0.717, 1.165) is 16.4 Å². The third-order valence-corrected chi connectivity index (χ3v) is 7.30. The van der Waals surface area contributed by atoms with Crippen molar-refractivity contribution in [3.63, 3.8) is 0 Å². The Morgan fingerprint density at radius 3 is 2.67 bits per heavy atom. The molecule has 15 heavy (non-hydrogen) atoms. The van der Waals surface area contributed by atoms with Crippen LogP contribution in [0, 0.1) is 11.3 Å². The second-order valence-electron chi connectivity index (χ2n) is 5.39. The van der Waals surface area contributed by atoms with Crippen LogP contribution in [0.15, 0.2) is 0 Å². The van der Waals surface area contributed by atoms with Crippen molar-refractivity contribution in [3.8, 4) is 0 Å². The third kappa shape index (κ3) is 2.67. The highest BCUT2D eigenvalue weighted by molar-refractivity contribution is 9.10. The largest absolute Gasteiger partial charge is 0.413 e. The van der Waals surface area contributed by atoms with Crippen LogP contribution < -0.4 is 0 Å². The molecule has 1 aliphatic carbocycles. The topological polar surface area (TPSA) is 9.23 Å². The van der Waals surface area contributed by atoms with Gasteiger partial charge in [0.05, 0.1) is 0 Å². The highest BCUT2D eigenvalue weighted by atomic mass is 79.9. The van der Waals surface area contributed by atoms with Crippen molar-refractivity contribution in [2.45, 2.75) is 63.8 Å². The Morgan fingerprint density at radius 1 is 1.47 bits per heavy atom. The van der Waals surface area contributed by atoms with Crippen LogP contribution >= 0.6 is 15.9 Å². The first-order chi connectivity index (χ1) is 6.98. The van der Waals surface area contributed by atoms with Crippen LogP contribution in [-0.2, 0) is 4.43 Å². The van der Waals surface area contributed by atoms with Gasteiger partial charge in [-0.3, -0.25) is 0 Å². The molecule has 0 radical (unpaired) electrons. The molecule has 1 rings (SSSR count). The number of alkyl halides is 1. The molecule has 1 nitrogen and oxygen atoms in total. The van der Waals surface area contributed by atoms with Crippen LogP contribution in [0.25, 0.3) is 0 Å². The van der Waals surface area contributed by atoms with Crippen molar-refractivity contribution in [3.05, 3.63) is 0 Å². The zero-order chi connectivity index (χ0) is 11.5. The van der Waals surface area contributed by atoms with Crippen LogP contribution in [0.4, 0.5) is 0 Å². The minimum atomic E-state index is -0.0388. The summed E-state index contributed by atoms with van der Waals surface area (Å²) in [6.07, 6.45) is 7.90. The zero-order valence-corrected chi connectivity index (χ0v) is 14.2. The van der Waals surface area contributed by atoms with E-state index in [-0.39, 0.29) is 9.93 Å². The number of hydrogen-bond donors (Lipinski definition) is 0. The molecule has 1 saturated carbocycles. The Bertz CT molecular complexity index is 208. The molecular weight excluding hydrogens is 268 g/mol. The van der Waals surface area contributed by atoms with Gasteiger partial charge in [0.25, 0.3) is 0 Å². The summed E-state index contributed by atoms with van der Waals surface area (Å²) < 4.78 is 5.82. The molecule has 0 aromatic heterocycles. The first-order valence-electron chi connectivity index (χ1n) is 6.22. The van der Waals surface area contributed by atoms with Gasteiger partial charge in [-0.15, -0.1) is 0 Å². The lowest BCUT2D eigenvalue weighted by Crippen LogP contribution is -2.49. The molecule has 2 atom stereocenters. The van der Waals surface area contributed by atoms with E-state index in [1.807, 2.05) is 0 Å². The minimum Gasteiger partial charge on any atom is -0.413 e. The molecule has 0 aliphatic heterocycles. The molecule has 0 spiro atoms. The molecule has 0 heterocycles. The summed E-state index contributed by atoms with van der Waals surface area (Å²) in [4.78, 5) is 0. The normalized spacial score (nSPS) is 35.6. The van der Waals surface area contributed by atoms with Gasteiger partial charge in [-0.25, -0.2) is 0 Å². The molecular formula is C12H25BrOSi. The number of unbranched alkanes of at least 4 members (excludes halogenated alkanes) is 1. The third-order valence-electron chi connectivity index (χ3n) is 4.26. The molecule has 2 unspecified atom stereocenters. The first-order valence-corrected chi connectivity index (χ1v) is 7.83. The highest BCUT2D eigenvalue weighted by Crippen LogP contribution is 2.54. The summed E-state index contributed by atoms with van der Waals surface area (Å²) in [5.74, 6) is 0.819. The van der Waals surface area contributed by atoms with Gasteiger partial charge >= 0.3 is 0 Å². The average molecular weight is 293 g/mol. The molecule has 0 amide bonds. The molecule has 0 aromatic rings. The van der Waals surface area contributed by atoms with E-state index in [2.05, 4.69) is 36.7 Å². The molecule has 90 valence electrons. The second kappa shape index (κ2) is 5.33. The number of halogens is 1. The summed E-state index contributed by atoms with van der Waals surface area (Å²) in [5.41, 5.74) is 0.280. The van der Waals surface area contributed by atoms with E-state index < -0.39 is 0 Å². The maximum atomic E-state index is 5.86. The predicted molar refractivity (Wildman–Crippen MR) is 73.3 cm³/mol.